The molecule has 0 fully saturated rings. The van der Waals surface area contributed by atoms with Gasteiger partial charge in [-0.2, -0.15) is 0 Å². The molecule has 0 aliphatic rings. The zero-order valence-corrected chi connectivity index (χ0v) is 14.1. The second-order valence-corrected chi connectivity index (χ2v) is 5.92. The van der Waals surface area contributed by atoms with Gasteiger partial charge in [0.25, 0.3) is 0 Å². The Morgan fingerprint density at radius 2 is 1.67 bits per heavy atom. The molecule has 24 heavy (non-hydrogen) atoms. The summed E-state index contributed by atoms with van der Waals surface area (Å²) in [6.07, 6.45) is 0.367. The van der Waals surface area contributed by atoms with Crippen LogP contribution in [0.4, 0.5) is 22.7 Å². The molecule has 0 aromatic heterocycles. The first-order chi connectivity index (χ1) is 11.5. The zero-order chi connectivity index (χ0) is 17.7. The Kier molecular flexibility index (Phi) is 6.14. The number of aliphatic hydroxyl groups is 2. The molecule has 0 bridgehead atoms. The highest BCUT2D eigenvalue weighted by Crippen LogP contribution is 2.34. The molecule has 0 saturated carbocycles. The number of rotatable bonds is 7. The Labute approximate surface area is 146 Å². The maximum Gasteiger partial charge on any atom is 0.0693 e. The molecule has 0 saturated heterocycles. The van der Waals surface area contributed by atoms with E-state index in [9.17, 15) is 10.2 Å². The molecule has 0 unspecified atom stereocenters. The lowest BCUT2D eigenvalue weighted by Gasteiger charge is -2.27. The van der Waals surface area contributed by atoms with Crippen LogP contribution in [-0.4, -0.2) is 30.0 Å². The van der Waals surface area contributed by atoms with Crippen LogP contribution in [0.1, 0.15) is 11.1 Å². The van der Waals surface area contributed by atoms with Crippen molar-refractivity contribution < 1.29 is 10.2 Å². The van der Waals surface area contributed by atoms with Crippen molar-refractivity contribution >= 4 is 34.4 Å². The van der Waals surface area contributed by atoms with Gasteiger partial charge in [0.15, 0.2) is 0 Å². The van der Waals surface area contributed by atoms with E-state index in [4.69, 9.17) is 28.8 Å². The van der Waals surface area contributed by atoms with Gasteiger partial charge in [-0.15, -0.1) is 0 Å². The minimum absolute atomic E-state index is 0.0434. The molecule has 2 aromatic carbocycles. The minimum Gasteiger partial charge on any atom is -0.399 e. The van der Waals surface area contributed by atoms with Crippen LogP contribution in [0.5, 0.6) is 0 Å². The van der Waals surface area contributed by atoms with E-state index in [0.29, 0.717) is 47.2 Å². The molecule has 0 radical (unpaired) electrons. The maximum atomic E-state index is 9.41. The fourth-order valence-electron chi connectivity index (χ4n) is 2.61. The van der Waals surface area contributed by atoms with Gasteiger partial charge in [-0.05, 0) is 47.9 Å². The predicted octanol–water partition coefficient (Wildman–Crippen LogP) is 1.62. The van der Waals surface area contributed by atoms with Gasteiger partial charge in [0.05, 0.1) is 17.3 Å². The van der Waals surface area contributed by atoms with Gasteiger partial charge in [0.2, 0.25) is 0 Å². The quantitative estimate of drug-likeness (QED) is 0.484. The number of anilines is 4. The zero-order valence-electron chi connectivity index (χ0n) is 13.4. The predicted molar refractivity (Wildman–Crippen MR) is 100 cm³/mol. The normalized spacial score (nSPS) is 10.8. The molecule has 2 aromatic rings. The molecule has 2 rings (SSSR count). The van der Waals surface area contributed by atoms with Crippen LogP contribution < -0.4 is 22.1 Å². The molecule has 0 heterocycles. The summed E-state index contributed by atoms with van der Waals surface area (Å²) in [6.45, 7) is 0.726. The van der Waals surface area contributed by atoms with E-state index in [1.54, 1.807) is 30.3 Å². The van der Waals surface area contributed by atoms with Crippen LogP contribution in [0.15, 0.2) is 30.3 Å². The van der Waals surface area contributed by atoms with E-state index in [-0.39, 0.29) is 13.2 Å². The average Bonchev–Trinajstić information content (AvgIpc) is 2.54. The summed E-state index contributed by atoms with van der Waals surface area (Å²) < 4.78 is 0. The summed E-state index contributed by atoms with van der Waals surface area (Å²) >= 11 is 6.49. The number of benzene rings is 2. The van der Waals surface area contributed by atoms with Crippen molar-refractivity contribution in [2.24, 2.45) is 0 Å². The van der Waals surface area contributed by atoms with E-state index < -0.39 is 0 Å². The van der Waals surface area contributed by atoms with Gasteiger partial charge in [-0.3, -0.25) is 0 Å². The minimum atomic E-state index is -0.0461. The van der Waals surface area contributed by atoms with Crippen molar-refractivity contribution in [2.45, 2.75) is 13.0 Å². The highest BCUT2D eigenvalue weighted by Gasteiger charge is 2.16. The van der Waals surface area contributed by atoms with E-state index in [1.165, 1.54) is 0 Å². The number of aliphatic hydroxyl groups excluding tert-OH is 2. The Morgan fingerprint density at radius 1 is 0.958 bits per heavy atom. The highest BCUT2D eigenvalue weighted by atomic mass is 35.5. The van der Waals surface area contributed by atoms with E-state index in [0.717, 1.165) is 11.3 Å². The third kappa shape index (κ3) is 4.03. The molecule has 0 aliphatic heterocycles. The van der Waals surface area contributed by atoms with Crippen molar-refractivity contribution in [1.82, 2.24) is 0 Å². The first kappa shape index (κ1) is 18.2. The van der Waals surface area contributed by atoms with Crippen molar-refractivity contribution in [2.75, 3.05) is 41.9 Å². The Hall–Kier alpha value is -2.15. The van der Waals surface area contributed by atoms with Crippen LogP contribution in [0.2, 0.25) is 5.02 Å². The molecular weight excluding hydrogens is 328 g/mol. The van der Waals surface area contributed by atoms with Gasteiger partial charge in [-0.25, -0.2) is 0 Å². The van der Waals surface area contributed by atoms with Crippen LogP contribution >= 0.6 is 11.6 Å². The molecule has 8 N–H and O–H groups in total. The molecule has 0 aliphatic carbocycles. The van der Waals surface area contributed by atoms with Crippen LogP contribution in [0.3, 0.4) is 0 Å². The standard InChI is InChI=1S/C17H23ClN4O2/c18-17-13(5-7-23)15(21)3-4-16(17)22(6-8-24)10-11-9-12(19)1-2-14(11)20/h1-4,9,23-24H,5-8,10,19-21H2. The second-order valence-electron chi connectivity index (χ2n) is 5.54. The number of nitrogens with zero attached hydrogens (tertiary/aromatic N) is 1. The Bertz CT molecular complexity index is 709. The molecule has 130 valence electrons. The lowest BCUT2D eigenvalue weighted by atomic mass is 10.1. The fraction of sp³-hybridized carbons (Fsp3) is 0.294. The summed E-state index contributed by atoms with van der Waals surface area (Å²) in [6, 6.07) is 8.85. The lowest BCUT2D eigenvalue weighted by molar-refractivity contribution is 0.299. The van der Waals surface area contributed by atoms with Gasteiger partial charge in [0.1, 0.15) is 0 Å². The molecule has 0 atom stereocenters. The van der Waals surface area contributed by atoms with Gasteiger partial charge in [-0.1, -0.05) is 11.6 Å². The highest BCUT2D eigenvalue weighted by molar-refractivity contribution is 6.34. The molecular formula is C17H23ClN4O2. The van der Waals surface area contributed by atoms with Gasteiger partial charge >= 0.3 is 0 Å². The van der Waals surface area contributed by atoms with E-state index >= 15 is 0 Å². The third-order valence-electron chi connectivity index (χ3n) is 3.86. The average molecular weight is 351 g/mol. The summed E-state index contributed by atoms with van der Waals surface area (Å²) in [5.74, 6) is 0. The van der Waals surface area contributed by atoms with Crippen molar-refractivity contribution in [3.63, 3.8) is 0 Å². The third-order valence-corrected chi connectivity index (χ3v) is 4.28. The van der Waals surface area contributed by atoms with Crippen LogP contribution in [0.25, 0.3) is 0 Å². The van der Waals surface area contributed by atoms with Crippen LogP contribution in [-0.2, 0) is 13.0 Å². The summed E-state index contributed by atoms with van der Waals surface area (Å²) in [5.41, 5.74) is 21.8. The molecule has 7 heteroatoms. The SMILES string of the molecule is Nc1ccc(N)c(CN(CCO)c2ccc(N)c(CCO)c2Cl)c1. The topological polar surface area (TPSA) is 122 Å². The van der Waals surface area contributed by atoms with Crippen molar-refractivity contribution in [3.05, 3.63) is 46.5 Å². The molecule has 0 spiro atoms. The molecule has 6 nitrogen and oxygen atoms in total. The smallest absolute Gasteiger partial charge is 0.0693 e. The first-order valence-corrected chi connectivity index (χ1v) is 8.03. The van der Waals surface area contributed by atoms with Crippen molar-refractivity contribution in [1.29, 1.82) is 0 Å². The number of nitrogen functional groups attached to an aromatic ring is 3. The monoisotopic (exact) mass is 350 g/mol. The van der Waals surface area contributed by atoms with Crippen molar-refractivity contribution in [3.8, 4) is 0 Å². The van der Waals surface area contributed by atoms with Gasteiger partial charge < -0.3 is 32.3 Å². The Balaban J connectivity index is 2.40. The van der Waals surface area contributed by atoms with E-state index in [1.807, 2.05) is 4.90 Å². The van der Waals surface area contributed by atoms with E-state index in [2.05, 4.69) is 0 Å². The molecule has 0 amide bonds. The largest absolute Gasteiger partial charge is 0.399 e. The van der Waals surface area contributed by atoms with Crippen LogP contribution in [0, 0.1) is 0 Å². The number of halogens is 1. The summed E-state index contributed by atoms with van der Waals surface area (Å²) in [7, 11) is 0. The Morgan fingerprint density at radius 3 is 2.33 bits per heavy atom. The number of hydrogen-bond donors (Lipinski definition) is 5. The van der Waals surface area contributed by atoms with Gasteiger partial charge in [0, 0.05) is 36.8 Å². The summed E-state index contributed by atoms with van der Waals surface area (Å²) in [5, 5.41) is 19.1. The fourth-order valence-corrected chi connectivity index (χ4v) is 2.99. The lowest BCUT2D eigenvalue weighted by Crippen LogP contribution is -2.27. The number of nitrogens with two attached hydrogens (primary N) is 3. The second kappa shape index (κ2) is 8.10. The first-order valence-electron chi connectivity index (χ1n) is 7.65. The maximum absolute atomic E-state index is 9.41. The summed E-state index contributed by atoms with van der Waals surface area (Å²) in [4.78, 5) is 1.91. The number of hydrogen-bond acceptors (Lipinski definition) is 6.